The van der Waals surface area contributed by atoms with E-state index in [0.717, 1.165) is 40.2 Å². The number of phenols is 1. The highest BCUT2D eigenvalue weighted by Crippen LogP contribution is 2.43. The molecule has 2 fully saturated rings. The Hall–Kier alpha value is -5.22. The van der Waals surface area contributed by atoms with E-state index in [0.29, 0.717) is 50.7 Å². The third kappa shape index (κ3) is 6.75. The van der Waals surface area contributed by atoms with E-state index >= 15 is 0 Å². The lowest BCUT2D eigenvalue weighted by Gasteiger charge is -2.40. The Labute approximate surface area is 304 Å². The Morgan fingerprint density at radius 2 is 1.63 bits per heavy atom. The average Bonchev–Trinajstić information content (AvgIpc) is 3.38. The molecule has 2 saturated heterocycles. The average molecular weight is 703 g/mol. The third-order valence-corrected chi connectivity index (χ3v) is 11.0. The van der Waals surface area contributed by atoms with Crippen LogP contribution in [0, 0.1) is 5.92 Å². The summed E-state index contributed by atoms with van der Waals surface area (Å²) in [5, 5.41) is 16.6. The van der Waals surface area contributed by atoms with Crippen LogP contribution in [0.5, 0.6) is 5.75 Å². The molecule has 10 heteroatoms. The van der Waals surface area contributed by atoms with Gasteiger partial charge in [-0.25, -0.2) is 4.79 Å². The second kappa shape index (κ2) is 14.8. The number of nitrogens with one attached hydrogen (secondary N) is 1. The normalized spacial score (nSPS) is 19.3. The van der Waals surface area contributed by atoms with Crippen LogP contribution in [0.25, 0.3) is 10.8 Å². The Bertz CT molecular complexity index is 1970. The van der Waals surface area contributed by atoms with Crippen molar-refractivity contribution < 1.29 is 29.1 Å². The first-order valence-corrected chi connectivity index (χ1v) is 18.4. The van der Waals surface area contributed by atoms with E-state index in [4.69, 9.17) is 4.84 Å². The van der Waals surface area contributed by atoms with E-state index in [-0.39, 0.29) is 35.6 Å². The lowest BCUT2D eigenvalue weighted by molar-refractivity contribution is -0.189. The smallest absolute Gasteiger partial charge is 0.367 e. The maximum atomic E-state index is 14.7. The fraction of sp³-hybridized carbons (Fsp3) is 0.381. The van der Waals surface area contributed by atoms with Crippen molar-refractivity contribution in [2.75, 3.05) is 31.1 Å². The topological polar surface area (TPSA) is 119 Å². The third-order valence-electron chi connectivity index (χ3n) is 11.0. The van der Waals surface area contributed by atoms with E-state index < -0.39 is 29.3 Å². The van der Waals surface area contributed by atoms with Gasteiger partial charge in [-0.1, -0.05) is 78.9 Å². The maximum absolute atomic E-state index is 14.7. The first-order valence-electron chi connectivity index (χ1n) is 18.4. The Kier molecular flexibility index (Phi) is 10.0. The number of benzene rings is 4. The van der Waals surface area contributed by atoms with Gasteiger partial charge in [-0.15, -0.1) is 0 Å². The Morgan fingerprint density at radius 1 is 0.923 bits per heavy atom. The minimum Gasteiger partial charge on any atom is -0.506 e. The summed E-state index contributed by atoms with van der Waals surface area (Å²) < 4.78 is 0. The van der Waals surface area contributed by atoms with Crippen LogP contribution in [-0.2, 0) is 31.1 Å². The van der Waals surface area contributed by atoms with Crippen LogP contribution in [0.2, 0.25) is 0 Å². The lowest BCUT2D eigenvalue weighted by Crippen LogP contribution is -2.57. The van der Waals surface area contributed by atoms with Gasteiger partial charge < -0.3 is 25.1 Å². The van der Waals surface area contributed by atoms with Crippen molar-refractivity contribution in [3.8, 4) is 5.75 Å². The standard InChI is InChI=1S/C42H46N4O6/c1-42(2)34-16-8-9-17-35(34)45(41(42)51)31-22-25-44(26-23-31)39(49)36(21-18-28-11-4-3-5-12-28)46(38(48)30-14-10-24-43-27-30)52-40(50)33-20-19-29-13-6-7-15-32(29)37(33)47/h3-9,11-13,15-17,19-20,30-31,36,43,47H,10,14,18,21-27H2,1-2H3/t30-,36+/m1/s1. The number of phenolic OH excluding ortho intramolecular Hbond substituents is 1. The molecule has 0 saturated carbocycles. The molecule has 4 aromatic rings. The minimum atomic E-state index is -1.11. The molecule has 3 heterocycles. The number of likely N-dealkylation sites (tertiary alicyclic amines) is 1. The van der Waals surface area contributed by atoms with Crippen LogP contribution in [0.15, 0.2) is 91.0 Å². The van der Waals surface area contributed by atoms with Gasteiger partial charge in [0.25, 0.3) is 5.91 Å². The SMILES string of the molecule is CC1(C)C(=O)N(C2CCN(C(=O)[C@H](CCc3ccccc3)N(OC(=O)c3ccc4ccccc4c3O)C(=O)[C@@H]3CCCNC3)CC2)c2ccccc21. The van der Waals surface area contributed by atoms with Gasteiger partial charge in [0.2, 0.25) is 11.8 Å². The fourth-order valence-corrected chi connectivity index (χ4v) is 8.01. The summed E-state index contributed by atoms with van der Waals surface area (Å²) in [6, 6.07) is 26.8. The number of piperidine rings is 2. The number of nitrogens with zero attached hydrogens (tertiary/aromatic N) is 3. The van der Waals surface area contributed by atoms with Crippen molar-refractivity contribution in [3.05, 3.63) is 108 Å². The van der Waals surface area contributed by atoms with Crippen molar-refractivity contribution in [2.24, 2.45) is 5.92 Å². The van der Waals surface area contributed by atoms with Gasteiger partial charge in [0.1, 0.15) is 17.4 Å². The largest absolute Gasteiger partial charge is 0.506 e. The number of hydrogen-bond donors (Lipinski definition) is 2. The van der Waals surface area contributed by atoms with E-state index in [1.807, 2.05) is 85.5 Å². The predicted octanol–water partition coefficient (Wildman–Crippen LogP) is 5.76. The summed E-state index contributed by atoms with van der Waals surface area (Å²) in [5.41, 5.74) is 2.18. The number of fused-ring (bicyclic) bond motifs is 2. The highest BCUT2D eigenvalue weighted by Gasteiger charge is 2.47. The summed E-state index contributed by atoms with van der Waals surface area (Å²) >= 11 is 0. The molecular weight excluding hydrogens is 656 g/mol. The van der Waals surface area contributed by atoms with Crippen LogP contribution in [0.4, 0.5) is 5.69 Å². The van der Waals surface area contributed by atoms with Gasteiger partial charge in [-0.3, -0.25) is 14.4 Å². The molecule has 0 radical (unpaired) electrons. The number of carbonyl (C=O) groups excluding carboxylic acids is 4. The molecule has 52 heavy (non-hydrogen) atoms. The summed E-state index contributed by atoms with van der Waals surface area (Å²) in [6.45, 7) is 5.85. The monoisotopic (exact) mass is 702 g/mol. The van der Waals surface area contributed by atoms with E-state index in [9.17, 15) is 24.3 Å². The zero-order chi connectivity index (χ0) is 36.4. The molecule has 270 valence electrons. The summed E-state index contributed by atoms with van der Waals surface area (Å²) in [5.74, 6) is -2.34. The first kappa shape index (κ1) is 35.2. The van der Waals surface area contributed by atoms with Crippen molar-refractivity contribution in [2.45, 2.75) is 69.9 Å². The lowest BCUT2D eigenvalue weighted by atomic mass is 9.86. The van der Waals surface area contributed by atoms with Crippen molar-refractivity contribution in [1.82, 2.24) is 15.3 Å². The van der Waals surface area contributed by atoms with E-state index in [1.54, 1.807) is 23.1 Å². The molecule has 3 amide bonds. The molecular formula is C42H46N4O6. The molecule has 7 rings (SSSR count). The second-order valence-corrected chi connectivity index (χ2v) is 14.7. The van der Waals surface area contributed by atoms with Crippen LogP contribution in [-0.4, -0.2) is 77.0 Å². The number of hydroxylamine groups is 2. The number of hydrogen-bond acceptors (Lipinski definition) is 7. The predicted molar refractivity (Wildman–Crippen MR) is 199 cm³/mol. The molecule has 0 aliphatic carbocycles. The summed E-state index contributed by atoms with van der Waals surface area (Å²) in [6.07, 6.45) is 3.19. The number of anilines is 1. The van der Waals surface area contributed by atoms with Gasteiger partial charge in [0.15, 0.2) is 0 Å². The van der Waals surface area contributed by atoms with Gasteiger partial charge in [-0.2, -0.15) is 5.06 Å². The van der Waals surface area contributed by atoms with Crippen molar-refractivity contribution in [3.63, 3.8) is 0 Å². The molecule has 2 N–H and O–H groups in total. The van der Waals surface area contributed by atoms with E-state index in [2.05, 4.69) is 5.32 Å². The number of aryl methyl sites for hydroxylation is 1. The molecule has 3 aliphatic rings. The van der Waals surface area contributed by atoms with Crippen molar-refractivity contribution >= 4 is 40.2 Å². The summed E-state index contributed by atoms with van der Waals surface area (Å²) in [7, 11) is 0. The zero-order valence-electron chi connectivity index (χ0n) is 29.8. The number of amides is 3. The van der Waals surface area contributed by atoms with Crippen LogP contribution >= 0.6 is 0 Å². The van der Waals surface area contributed by atoms with E-state index in [1.165, 1.54) is 6.07 Å². The zero-order valence-corrected chi connectivity index (χ0v) is 29.8. The quantitative estimate of drug-likeness (QED) is 0.224. The maximum Gasteiger partial charge on any atom is 0.367 e. The molecule has 0 bridgehead atoms. The minimum absolute atomic E-state index is 0.0564. The Morgan fingerprint density at radius 3 is 2.38 bits per heavy atom. The van der Waals surface area contributed by atoms with Gasteiger partial charge >= 0.3 is 5.97 Å². The van der Waals surface area contributed by atoms with Gasteiger partial charge in [-0.05, 0) is 87.6 Å². The van der Waals surface area contributed by atoms with Gasteiger partial charge in [0, 0.05) is 36.7 Å². The molecule has 0 unspecified atom stereocenters. The molecule has 2 atom stereocenters. The highest BCUT2D eigenvalue weighted by molar-refractivity contribution is 6.08. The number of rotatable bonds is 8. The number of carbonyl (C=O) groups is 4. The molecule has 4 aromatic carbocycles. The number of para-hydroxylation sites is 1. The van der Waals surface area contributed by atoms with Crippen LogP contribution in [0.3, 0.4) is 0 Å². The van der Waals surface area contributed by atoms with Gasteiger partial charge in [0.05, 0.1) is 11.3 Å². The van der Waals surface area contributed by atoms with Crippen molar-refractivity contribution in [1.29, 1.82) is 0 Å². The molecule has 3 aliphatic heterocycles. The molecule has 0 aromatic heterocycles. The number of aromatic hydroxyl groups is 1. The van der Waals surface area contributed by atoms with Crippen LogP contribution in [0.1, 0.15) is 67.4 Å². The Balaban J connectivity index is 1.17. The molecule has 0 spiro atoms. The summed E-state index contributed by atoms with van der Waals surface area (Å²) in [4.78, 5) is 66.3. The fourth-order valence-electron chi connectivity index (χ4n) is 8.01. The first-order chi connectivity index (χ1) is 25.1. The second-order valence-electron chi connectivity index (χ2n) is 14.7. The molecule has 10 nitrogen and oxygen atoms in total. The van der Waals surface area contributed by atoms with Crippen LogP contribution < -0.4 is 10.2 Å². The highest BCUT2D eigenvalue weighted by atomic mass is 16.7.